The van der Waals surface area contributed by atoms with Crippen molar-refractivity contribution in [3.05, 3.63) is 118 Å². The Hall–Kier alpha value is -4.77. The summed E-state index contributed by atoms with van der Waals surface area (Å²) in [5, 5.41) is 12.7. The Morgan fingerprint density at radius 2 is 2.00 bits per heavy atom. The van der Waals surface area contributed by atoms with Gasteiger partial charge in [-0.1, -0.05) is 35.5 Å². The third kappa shape index (κ3) is 6.69. The normalized spacial score (nSPS) is 17.6. The number of carbonyl (C=O) groups excluding carboxylic acids is 1. The first-order chi connectivity index (χ1) is 19.9. The van der Waals surface area contributed by atoms with Gasteiger partial charge in [-0.15, -0.1) is 6.58 Å². The van der Waals surface area contributed by atoms with Gasteiger partial charge in [0.05, 0.1) is 6.61 Å². The minimum atomic E-state index is -1.61. The van der Waals surface area contributed by atoms with Gasteiger partial charge in [-0.3, -0.25) is 10.2 Å². The van der Waals surface area contributed by atoms with Gasteiger partial charge in [0, 0.05) is 53.3 Å². The number of hydrogen-bond acceptors (Lipinski definition) is 7. The molecule has 2 atom stereocenters. The van der Waals surface area contributed by atoms with Crippen molar-refractivity contribution in [2.45, 2.75) is 31.0 Å². The molecule has 4 rings (SSSR count). The summed E-state index contributed by atoms with van der Waals surface area (Å²) < 4.78 is 39.6. The predicted octanol–water partition coefficient (Wildman–Crippen LogP) is 5.32. The van der Waals surface area contributed by atoms with E-state index < -0.39 is 29.2 Å². The molecule has 0 spiro atoms. The minimum absolute atomic E-state index is 0.0148. The van der Waals surface area contributed by atoms with Crippen molar-refractivity contribution in [1.29, 1.82) is 0 Å². The Bertz CT molecular complexity index is 1480. The molecule has 1 aliphatic rings. The number of ether oxygens (including phenoxy) is 2. The molecule has 12 heteroatoms. The predicted molar refractivity (Wildman–Crippen MR) is 148 cm³/mol. The van der Waals surface area contributed by atoms with Gasteiger partial charge in [-0.25, -0.2) is 19.2 Å². The molecule has 1 aliphatic heterocycles. The highest BCUT2D eigenvalue weighted by atomic mass is 19.1. The average molecular weight is 563 g/mol. The number of carbonyl (C=O) groups is 1. The molecule has 212 valence electrons. The molecule has 0 aromatic heterocycles. The van der Waals surface area contributed by atoms with Crippen molar-refractivity contribution < 1.29 is 28.2 Å². The maximum Gasteiger partial charge on any atom is 0.266 e. The van der Waals surface area contributed by atoms with E-state index in [1.165, 1.54) is 6.08 Å². The second-order valence-corrected chi connectivity index (χ2v) is 9.07. The molecule has 0 saturated carbocycles. The summed E-state index contributed by atoms with van der Waals surface area (Å²) in [6.45, 7) is 3.96. The fraction of sp³-hybridized carbons (Fsp3) is 0.241. The van der Waals surface area contributed by atoms with Crippen LogP contribution in [-0.2, 0) is 16.1 Å². The summed E-state index contributed by atoms with van der Waals surface area (Å²) >= 11 is 0. The smallest absolute Gasteiger partial charge is 0.266 e. The minimum Gasteiger partial charge on any atom is -0.494 e. The summed E-state index contributed by atoms with van der Waals surface area (Å²) in [5.41, 5.74) is 14.0. The van der Waals surface area contributed by atoms with E-state index in [-0.39, 0.29) is 36.7 Å². The van der Waals surface area contributed by atoms with Gasteiger partial charge < -0.3 is 14.6 Å². The zero-order valence-electron chi connectivity index (χ0n) is 22.0. The lowest BCUT2D eigenvalue weighted by atomic mass is 9.84. The summed E-state index contributed by atoms with van der Waals surface area (Å²) in [4.78, 5) is 21.4. The summed E-state index contributed by atoms with van der Waals surface area (Å²) in [5.74, 6) is -1.15. The van der Waals surface area contributed by atoms with Gasteiger partial charge in [0.25, 0.3) is 5.91 Å². The van der Waals surface area contributed by atoms with Crippen LogP contribution in [0.5, 0.6) is 5.75 Å². The van der Waals surface area contributed by atoms with E-state index in [1.54, 1.807) is 48.5 Å². The first kappa shape index (κ1) is 29.2. The van der Waals surface area contributed by atoms with Gasteiger partial charge >= 0.3 is 0 Å². The maximum absolute atomic E-state index is 14.1. The van der Waals surface area contributed by atoms with Gasteiger partial charge in [-0.05, 0) is 48.0 Å². The number of rotatable bonds is 13. The van der Waals surface area contributed by atoms with E-state index in [2.05, 4.69) is 27.5 Å². The number of azide groups is 1. The number of halogens is 2. The summed E-state index contributed by atoms with van der Waals surface area (Å²) in [6.07, 6.45) is 0.993. The van der Waals surface area contributed by atoms with Crippen molar-refractivity contribution in [3.63, 3.8) is 0 Å². The lowest BCUT2D eigenvalue weighted by Crippen LogP contribution is -2.52. The molecule has 1 amide bonds. The first-order valence-electron chi connectivity index (χ1n) is 12.7. The zero-order valence-corrected chi connectivity index (χ0v) is 22.0. The average Bonchev–Trinajstić information content (AvgIpc) is 3.36. The number of hydrazine groups is 1. The lowest BCUT2D eigenvalue weighted by Gasteiger charge is -2.30. The molecule has 0 fully saturated rings. The molecule has 10 nitrogen and oxygen atoms in total. The quantitative estimate of drug-likeness (QED) is 0.0646. The molecule has 1 heterocycles. The number of nitrogens with one attached hydrogen (secondary N) is 2. The van der Waals surface area contributed by atoms with E-state index in [9.17, 15) is 13.6 Å². The number of amides is 1. The lowest BCUT2D eigenvalue weighted by molar-refractivity contribution is -0.129. The van der Waals surface area contributed by atoms with Crippen LogP contribution in [0.3, 0.4) is 0 Å². The number of aliphatic imine (C=N–C) groups is 1. The molecular formula is C29H28F2N6O4. The molecule has 0 bridgehead atoms. The summed E-state index contributed by atoms with van der Waals surface area (Å²) in [7, 11) is 0. The highest BCUT2D eigenvalue weighted by Crippen LogP contribution is 2.45. The first-order valence-corrected chi connectivity index (χ1v) is 12.7. The van der Waals surface area contributed by atoms with Crippen LogP contribution in [0, 0.1) is 11.6 Å². The van der Waals surface area contributed by atoms with Crippen LogP contribution in [0.1, 0.15) is 35.6 Å². The molecule has 0 saturated heterocycles. The number of aliphatic hydroxyl groups is 1. The van der Waals surface area contributed by atoms with E-state index in [4.69, 9.17) is 25.1 Å². The number of hydrogen-bond donors (Lipinski definition) is 3. The second-order valence-electron chi connectivity index (χ2n) is 9.07. The molecule has 3 aromatic carbocycles. The second kappa shape index (κ2) is 13.5. The fourth-order valence-electron chi connectivity index (χ4n) is 4.37. The third-order valence-corrected chi connectivity index (χ3v) is 6.35. The summed E-state index contributed by atoms with van der Waals surface area (Å²) in [6, 6.07) is 16.6. The Labute approximate surface area is 234 Å². The van der Waals surface area contributed by atoms with Gasteiger partial charge in [0.15, 0.2) is 11.6 Å². The van der Waals surface area contributed by atoms with Gasteiger partial charge in [0.1, 0.15) is 17.4 Å². The molecule has 3 aromatic rings. The highest BCUT2D eigenvalue weighted by Gasteiger charge is 2.53. The zero-order chi connectivity index (χ0) is 29.2. The van der Waals surface area contributed by atoms with Crippen LogP contribution >= 0.6 is 0 Å². The van der Waals surface area contributed by atoms with Crippen LogP contribution in [-0.4, -0.2) is 35.7 Å². The fourth-order valence-corrected chi connectivity index (χ4v) is 4.37. The van der Waals surface area contributed by atoms with E-state index in [0.717, 1.165) is 18.2 Å². The number of benzene rings is 3. The van der Waals surface area contributed by atoms with Crippen LogP contribution in [0.4, 0.5) is 14.5 Å². The van der Waals surface area contributed by atoms with Crippen molar-refractivity contribution in [1.82, 2.24) is 10.9 Å². The number of nitrogens with zero attached hydrogens (tertiary/aromatic N) is 4. The van der Waals surface area contributed by atoms with E-state index in [1.807, 2.05) is 0 Å². The Morgan fingerprint density at radius 3 is 2.73 bits per heavy atom. The Balaban J connectivity index is 1.68. The maximum atomic E-state index is 14.1. The van der Waals surface area contributed by atoms with Crippen molar-refractivity contribution in [2.75, 3.05) is 13.2 Å². The van der Waals surface area contributed by atoms with E-state index in [0.29, 0.717) is 29.9 Å². The third-order valence-electron chi connectivity index (χ3n) is 6.35. The van der Waals surface area contributed by atoms with Crippen molar-refractivity contribution >= 4 is 17.5 Å². The largest absolute Gasteiger partial charge is 0.494 e. The van der Waals surface area contributed by atoms with Gasteiger partial charge in [-0.2, -0.15) is 0 Å². The van der Waals surface area contributed by atoms with Gasteiger partial charge in [0.2, 0.25) is 5.90 Å². The highest BCUT2D eigenvalue weighted by molar-refractivity contribution is 6.01. The molecule has 0 aliphatic carbocycles. The van der Waals surface area contributed by atoms with E-state index >= 15 is 0 Å². The standard InChI is InChI=1S/C29H28F2N6O4/c1-2-14-29(28(39)36-33-18-20-17-21(30)10-13-24(20)31)26(23-6-3-4-7-25(23)35-37-32)41-27(34-29)19-8-11-22(12-9-19)40-16-5-15-38/h2-4,6-13,17,26,33,38H,1,5,14-16,18H2,(H,36,39)/t26-,29-/m0/s1. The topological polar surface area (TPSA) is 141 Å². The van der Waals surface area contributed by atoms with Crippen LogP contribution in [0.25, 0.3) is 10.4 Å². The van der Waals surface area contributed by atoms with Crippen LogP contribution in [0.15, 0.2) is 89.5 Å². The molecule has 41 heavy (non-hydrogen) atoms. The molecule has 3 N–H and O–H groups in total. The van der Waals surface area contributed by atoms with Crippen LogP contribution in [0.2, 0.25) is 0 Å². The Kier molecular flexibility index (Phi) is 9.64. The number of aliphatic hydroxyl groups excluding tert-OH is 1. The van der Waals surface area contributed by atoms with Crippen molar-refractivity contribution in [2.24, 2.45) is 10.1 Å². The monoisotopic (exact) mass is 562 g/mol. The molecule has 0 radical (unpaired) electrons. The Morgan fingerprint density at radius 1 is 1.22 bits per heavy atom. The van der Waals surface area contributed by atoms with Crippen molar-refractivity contribution in [3.8, 4) is 5.75 Å². The molecule has 0 unspecified atom stereocenters. The molecular weight excluding hydrogens is 534 g/mol. The van der Waals surface area contributed by atoms with Crippen LogP contribution < -0.4 is 15.6 Å². The SMILES string of the molecule is C=CC[C@]1(C(=O)NNCc2cc(F)ccc2F)N=C(c2ccc(OCCCO)cc2)O[C@H]1c1ccccc1N=[N+]=[N-].